The monoisotopic (exact) mass is 389 g/mol. The molecule has 4 nitrogen and oxygen atoms in total. The average molecular weight is 390 g/mol. The van der Waals surface area contributed by atoms with Crippen LogP contribution >= 0.6 is 15.9 Å². The van der Waals surface area contributed by atoms with Crippen molar-refractivity contribution in [2.24, 2.45) is 0 Å². The van der Waals surface area contributed by atoms with Gasteiger partial charge in [-0.2, -0.15) is 5.10 Å². The van der Waals surface area contributed by atoms with Gasteiger partial charge >= 0.3 is 0 Å². The highest BCUT2D eigenvalue weighted by Crippen LogP contribution is 2.25. The Morgan fingerprint density at radius 3 is 2.33 bits per heavy atom. The highest BCUT2D eigenvalue weighted by molar-refractivity contribution is 9.10. The molecule has 1 amide bonds. The summed E-state index contributed by atoms with van der Waals surface area (Å²) in [4.78, 5) is 14.6. The summed E-state index contributed by atoms with van der Waals surface area (Å²) in [5, 5.41) is 4.54. The number of carbonyl (C=O) groups is 1. The molecule has 1 aromatic heterocycles. The zero-order chi connectivity index (χ0) is 17.3. The lowest BCUT2D eigenvalue weighted by Gasteiger charge is -2.31. The molecule has 1 aromatic carbocycles. The fraction of sp³-hybridized carbons (Fsp3) is 0.474. The second-order valence-corrected chi connectivity index (χ2v) is 7.44. The number of hydrogen-bond acceptors (Lipinski definition) is 2. The van der Waals surface area contributed by atoms with Crippen LogP contribution in [0, 0.1) is 13.8 Å². The molecule has 0 saturated heterocycles. The molecular weight excluding hydrogens is 366 g/mol. The molecule has 0 N–H and O–H groups in total. The van der Waals surface area contributed by atoms with Crippen LogP contribution in [0.5, 0.6) is 0 Å². The van der Waals surface area contributed by atoms with Crippen molar-refractivity contribution in [2.45, 2.75) is 52.0 Å². The molecule has 5 heteroatoms. The summed E-state index contributed by atoms with van der Waals surface area (Å²) in [6.45, 7) is 4.00. The molecule has 1 heterocycles. The van der Waals surface area contributed by atoms with Crippen molar-refractivity contribution >= 4 is 21.8 Å². The normalized spacial score (nSPS) is 15.5. The second-order valence-electron chi connectivity index (χ2n) is 6.65. The maximum absolute atomic E-state index is 12.7. The molecule has 1 aliphatic carbocycles. The number of amides is 1. The Morgan fingerprint density at radius 2 is 1.79 bits per heavy atom. The SMILES string of the molecule is Cc1nn(-c2ccc(C(=O)N(C)C3CCCCC3)cc2)c(C)c1Br. The Kier molecular flexibility index (Phi) is 5.09. The van der Waals surface area contributed by atoms with E-state index in [9.17, 15) is 4.79 Å². The van der Waals surface area contributed by atoms with E-state index < -0.39 is 0 Å². The minimum atomic E-state index is 0.114. The second kappa shape index (κ2) is 7.09. The summed E-state index contributed by atoms with van der Waals surface area (Å²) in [5.41, 5.74) is 3.74. The molecule has 0 radical (unpaired) electrons. The molecular formula is C19H24BrN3O. The van der Waals surface area contributed by atoms with E-state index in [1.54, 1.807) is 0 Å². The van der Waals surface area contributed by atoms with Gasteiger partial charge in [0.05, 0.1) is 21.5 Å². The first-order valence-electron chi connectivity index (χ1n) is 8.58. The van der Waals surface area contributed by atoms with E-state index in [0.717, 1.165) is 40.0 Å². The number of nitrogens with zero attached hydrogens (tertiary/aromatic N) is 3. The molecule has 0 atom stereocenters. The van der Waals surface area contributed by atoms with Gasteiger partial charge in [0.25, 0.3) is 5.91 Å². The Hall–Kier alpha value is -1.62. The van der Waals surface area contributed by atoms with Crippen LogP contribution < -0.4 is 0 Å². The molecule has 1 aliphatic rings. The minimum Gasteiger partial charge on any atom is -0.339 e. The van der Waals surface area contributed by atoms with Gasteiger partial charge in [-0.15, -0.1) is 0 Å². The van der Waals surface area contributed by atoms with E-state index >= 15 is 0 Å². The molecule has 1 saturated carbocycles. The number of halogens is 1. The third-order valence-electron chi connectivity index (χ3n) is 5.00. The van der Waals surface area contributed by atoms with Crippen molar-refractivity contribution in [1.82, 2.24) is 14.7 Å². The lowest BCUT2D eigenvalue weighted by atomic mass is 9.94. The lowest BCUT2D eigenvalue weighted by Crippen LogP contribution is -2.38. The van der Waals surface area contributed by atoms with Gasteiger partial charge in [0.15, 0.2) is 0 Å². The Labute approximate surface area is 152 Å². The van der Waals surface area contributed by atoms with E-state index in [1.165, 1.54) is 19.3 Å². The van der Waals surface area contributed by atoms with E-state index in [0.29, 0.717) is 6.04 Å². The largest absolute Gasteiger partial charge is 0.339 e. The third-order valence-corrected chi connectivity index (χ3v) is 6.15. The summed E-state index contributed by atoms with van der Waals surface area (Å²) >= 11 is 3.55. The number of benzene rings is 1. The van der Waals surface area contributed by atoms with Gasteiger partial charge in [0.1, 0.15) is 0 Å². The molecule has 0 aliphatic heterocycles. The molecule has 0 bridgehead atoms. The topological polar surface area (TPSA) is 38.1 Å². The van der Waals surface area contributed by atoms with Gasteiger partial charge in [-0.05, 0) is 66.9 Å². The number of rotatable bonds is 3. The quantitative estimate of drug-likeness (QED) is 0.765. The van der Waals surface area contributed by atoms with Crippen molar-refractivity contribution < 1.29 is 4.79 Å². The molecule has 0 unspecified atom stereocenters. The smallest absolute Gasteiger partial charge is 0.253 e. The first-order chi connectivity index (χ1) is 11.5. The van der Waals surface area contributed by atoms with Crippen LogP contribution in [0.4, 0.5) is 0 Å². The maximum atomic E-state index is 12.7. The van der Waals surface area contributed by atoms with Gasteiger partial charge in [0, 0.05) is 18.7 Å². The number of hydrogen-bond donors (Lipinski definition) is 0. The molecule has 1 fully saturated rings. The zero-order valence-electron chi connectivity index (χ0n) is 14.6. The molecule has 0 spiro atoms. The first kappa shape index (κ1) is 17.2. The van der Waals surface area contributed by atoms with Crippen LogP contribution in [0.15, 0.2) is 28.7 Å². The Morgan fingerprint density at radius 1 is 1.17 bits per heavy atom. The van der Waals surface area contributed by atoms with E-state index in [1.807, 2.05) is 54.7 Å². The number of aromatic nitrogens is 2. The predicted octanol–water partition coefficient (Wildman–Crippen LogP) is 4.66. The van der Waals surface area contributed by atoms with E-state index in [2.05, 4.69) is 21.0 Å². The average Bonchev–Trinajstić information content (AvgIpc) is 2.89. The fourth-order valence-electron chi connectivity index (χ4n) is 3.46. The lowest BCUT2D eigenvalue weighted by molar-refractivity contribution is 0.0696. The van der Waals surface area contributed by atoms with E-state index in [-0.39, 0.29) is 5.91 Å². The summed E-state index contributed by atoms with van der Waals surface area (Å²) in [5.74, 6) is 0.114. The van der Waals surface area contributed by atoms with Crippen molar-refractivity contribution in [3.05, 3.63) is 45.7 Å². The van der Waals surface area contributed by atoms with Gasteiger partial charge in [-0.3, -0.25) is 4.79 Å². The highest BCUT2D eigenvalue weighted by atomic mass is 79.9. The third kappa shape index (κ3) is 3.27. The van der Waals surface area contributed by atoms with Crippen molar-refractivity contribution in [2.75, 3.05) is 7.05 Å². The molecule has 2 aromatic rings. The summed E-state index contributed by atoms with van der Waals surface area (Å²) < 4.78 is 2.93. The number of aryl methyl sites for hydroxylation is 1. The van der Waals surface area contributed by atoms with Crippen LogP contribution in [-0.4, -0.2) is 33.7 Å². The highest BCUT2D eigenvalue weighted by Gasteiger charge is 2.23. The summed E-state index contributed by atoms with van der Waals surface area (Å²) in [6.07, 6.45) is 6.01. The van der Waals surface area contributed by atoms with Gasteiger partial charge in [-0.1, -0.05) is 19.3 Å². The van der Waals surface area contributed by atoms with Crippen molar-refractivity contribution in [3.8, 4) is 5.69 Å². The Balaban J connectivity index is 1.78. The summed E-state index contributed by atoms with van der Waals surface area (Å²) in [7, 11) is 1.93. The number of carbonyl (C=O) groups excluding carboxylic acids is 1. The molecule has 24 heavy (non-hydrogen) atoms. The van der Waals surface area contributed by atoms with Crippen molar-refractivity contribution in [1.29, 1.82) is 0 Å². The van der Waals surface area contributed by atoms with Crippen LogP contribution in [0.25, 0.3) is 5.69 Å². The standard InChI is InChI=1S/C19H24BrN3O/c1-13-18(20)14(2)23(21-13)17-11-9-15(10-12-17)19(24)22(3)16-7-5-4-6-8-16/h9-12,16H,4-8H2,1-3H3. The van der Waals surface area contributed by atoms with Crippen LogP contribution in [0.3, 0.4) is 0 Å². The fourth-order valence-corrected chi connectivity index (χ4v) is 3.71. The van der Waals surface area contributed by atoms with Crippen LogP contribution in [0.2, 0.25) is 0 Å². The molecule has 128 valence electrons. The van der Waals surface area contributed by atoms with Crippen molar-refractivity contribution in [3.63, 3.8) is 0 Å². The van der Waals surface area contributed by atoms with Gasteiger partial charge in [0.2, 0.25) is 0 Å². The first-order valence-corrected chi connectivity index (χ1v) is 9.37. The predicted molar refractivity (Wildman–Crippen MR) is 99.7 cm³/mol. The summed E-state index contributed by atoms with van der Waals surface area (Å²) in [6, 6.07) is 8.13. The van der Waals surface area contributed by atoms with Crippen LogP contribution in [-0.2, 0) is 0 Å². The van der Waals surface area contributed by atoms with E-state index in [4.69, 9.17) is 0 Å². The van der Waals surface area contributed by atoms with Crippen LogP contribution in [0.1, 0.15) is 53.8 Å². The van der Waals surface area contributed by atoms with Gasteiger partial charge in [-0.25, -0.2) is 4.68 Å². The Bertz CT molecular complexity index is 730. The maximum Gasteiger partial charge on any atom is 0.253 e. The minimum absolute atomic E-state index is 0.114. The molecule has 3 rings (SSSR count). The van der Waals surface area contributed by atoms with Gasteiger partial charge < -0.3 is 4.90 Å². The zero-order valence-corrected chi connectivity index (χ0v) is 16.1.